The van der Waals surface area contributed by atoms with E-state index in [4.69, 9.17) is 4.74 Å². The van der Waals surface area contributed by atoms with Gasteiger partial charge >= 0.3 is 6.09 Å². The number of nitrogens with zero attached hydrogens (tertiary/aromatic N) is 1. The van der Waals surface area contributed by atoms with Crippen LogP contribution in [0.1, 0.15) is 54.9 Å². The predicted molar refractivity (Wildman–Crippen MR) is 116 cm³/mol. The summed E-state index contributed by atoms with van der Waals surface area (Å²) in [5.41, 5.74) is 1.49. The number of carbonyl (C=O) groups is 1. The molecule has 0 bridgehead atoms. The summed E-state index contributed by atoms with van der Waals surface area (Å²) >= 11 is 1.17. The Hall–Kier alpha value is -1.75. The van der Waals surface area contributed by atoms with Gasteiger partial charge in [-0.1, -0.05) is 51.4 Å². The van der Waals surface area contributed by atoms with Crippen LogP contribution in [0.5, 0.6) is 0 Å². The van der Waals surface area contributed by atoms with Gasteiger partial charge in [0.25, 0.3) is 0 Å². The minimum absolute atomic E-state index is 0.292. The number of amides is 1. The van der Waals surface area contributed by atoms with Crippen molar-refractivity contribution in [2.24, 2.45) is 0 Å². The second kappa shape index (κ2) is 11.2. The first-order valence-corrected chi connectivity index (χ1v) is 9.99. The van der Waals surface area contributed by atoms with Crippen LogP contribution in [-0.2, 0) is 4.74 Å². The normalized spacial score (nSPS) is 15.0. The van der Waals surface area contributed by atoms with Crippen LogP contribution in [-0.4, -0.2) is 29.7 Å². The molecule has 1 amide bonds. The van der Waals surface area contributed by atoms with Crippen LogP contribution in [0.15, 0.2) is 58.2 Å². The zero-order chi connectivity index (χ0) is 21.4. The highest BCUT2D eigenvalue weighted by Gasteiger charge is 2.25. The van der Waals surface area contributed by atoms with E-state index in [0.29, 0.717) is 34.9 Å². The quantitative estimate of drug-likeness (QED) is 0.462. The molecule has 0 saturated carbocycles. The SMILES string of the molecule is C=C(C)C(=C)SC(=C)/C(F)=C(\C)C1=CCCN(C(=O)OC(C)(C)C)C1.CC. The van der Waals surface area contributed by atoms with Crippen LogP contribution in [0.3, 0.4) is 0 Å². The van der Waals surface area contributed by atoms with Gasteiger partial charge in [0.05, 0.1) is 0 Å². The summed E-state index contributed by atoms with van der Waals surface area (Å²) < 4.78 is 20.1. The van der Waals surface area contributed by atoms with Crippen molar-refractivity contribution in [2.45, 2.75) is 60.5 Å². The van der Waals surface area contributed by atoms with Crippen molar-refractivity contribution in [3.63, 3.8) is 0 Å². The number of thioether (sulfide) groups is 1. The number of allylic oxidation sites excluding steroid dienone is 2. The summed E-state index contributed by atoms with van der Waals surface area (Å²) in [6.07, 6.45) is 2.24. The van der Waals surface area contributed by atoms with Crippen LogP contribution in [0.2, 0.25) is 0 Å². The van der Waals surface area contributed by atoms with Crippen LogP contribution in [0.25, 0.3) is 0 Å². The molecule has 0 N–H and O–H groups in total. The van der Waals surface area contributed by atoms with Crippen LogP contribution in [0, 0.1) is 0 Å². The Morgan fingerprint density at radius 1 is 1.19 bits per heavy atom. The second-order valence-electron chi connectivity index (χ2n) is 7.09. The molecule has 0 aromatic rings. The van der Waals surface area contributed by atoms with E-state index in [2.05, 4.69) is 19.7 Å². The molecule has 0 aliphatic carbocycles. The van der Waals surface area contributed by atoms with Crippen LogP contribution < -0.4 is 0 Å². The first-order chi connectivity index (χ1) is 12.4. The van der Waals surface area contributed by atoms with E-state index >= 15 is 0 Å². The van der Waals surface area contributed by atoms with E-state index in [1.165, 1.54) is 11.8 Å². The molecule has 3 nitrogen and oxygen atoms in total. The molecule has 27 heavy (non-hydrogen) atoms. The Morgan fingerprint density at radius 3 is 2.22 bits per heavy atom. The summed E-state index contributed by atoms with van der Waals surface area (Å²) in [4.78, 5) is 14.8. The Kier molecular flexibility index (Phi) is 10.5. The minimum Gasteiger partial charge on any atom is -0.444 e. The van der Waals surface area contributed by atoms with Crippen molar-refractivity contribution >= 4 is 17.9 Å². The fourth-order valence-corrected chi connectivity index (χ4v) is 2.84. The average molecular weight is 396 g/mol. The van der Waals surface area contributed by atoms with Crippen molar-refractivity contribution in [3.8, 4) is 0 Å². The second-order valence-corrected chi connectivity index (χ2v) is 8.28. The molecule has 1 aliphatic rings. The van der Waals surface area contributed by atoms with Gasteiger partial charge in [-0.3, -0.25) is 0 Å². The van der Waals surface area contributed by atoms with Crippen molar-refractivity contribution in [1.29, 1.82) is 0 Å². The standard InChI is InChI=1S/C20H28FNO2S.C2H6/c1-13(2)15(4)25-16(5)18(21)14(3)17-10-9-11-22(12-17)19(23)24-20(6,7)8;1-2/h10H,1,4-5,9,11-12H2,2-3,6-8H3;1-2H3/b18-14-;. The number of rotatable bonds is 5. The number of carbonyl (C=O) groups excluding carboxylic acids is 1. The van der Waals surface area contributed by atoms with Gasteiger partial charge in [-0.2, -0.15) is 0 Å². The maximum absolute atomic E-state index is 14.7. The van der Waals surface area contributed by atoms with Gasteiger partial charge in [-0.25, -0.2) is 9.18 Å². The van der Waals surface area contributed by atoms with E-state index in [-0.39, 0.29) is 11.9 Å². The summed E-state index contributed by atoms with van der Waals surface area (Å²) in [5.74, 6) is -0.385. The van der Waals surface area contributed by atoms with Gasteiger partial charge in [0.15, 0.2) is 0 Å². The number of hydrogen-bond donors (Lipinski definition) is 0. The third-order valence-corrected chi connectivity index (χ3v) is 4.60. The fraction of sp³-hybridized carbons (Fsp3) is 0.500. The molecule has 0 fully saturated rings. The third kappa shape index (κ3) is 8.65. The van der Waals surface area contributed by atoms with Crippen molar-refractivity contribution in [1.82, 2.24) is 4.90 Å². The molecule has 0 aromatic carbocycles. The topological polar surface area (TPSA) is 29.5 Å². The first kappa shape index (κ1) is 25.2. The Bertz CT molecular complexity index is 654. The third-order valence-electron chi connectivity index (χ3n) is 3.58. The molecule has 1 aliphatic heterocycles. The smallest absolute Gasteiger partial charge is 0.410 e. The lowest BCUT2D eigenvalue weighted by Crippen LogP contribution is -2.40. The van der Waals surface area contributed by atoms with Gasteiger partial charge in [-0.05, 0) is 57.8 Å². The Balaban J connectivity index is 0.00000326. The molecule has 1 rings (SSSR count). The van der Waals surface area contributed by atoms with Gasteiger partial charge in [0, 0.05) is 22.9 Å². The van der Waals surface area contributed by atoms with Gasteiger partial charge in [-0.15, -0.1) is 0 Å². The number of hydrogen-bond acceptors (Lipinski definition) is 3. The molecule has 0 radical (unpaired) electrons. The number of ether oxygens (including phenoxy) is 1. The highest BCUT2D eigenvalue weighted by molar-refractivity contribution is 8.07. The Morgan fingerprint density at radius 2 is 1.74 bits per heavy atom. The van der Waals surface area contributed by atoms with Crippen molar-refractivity contribution in [2.75, 3.05) is 13.1 Å². The van der Waals surface area contributed by atoms with Gasteiger partial charge < -0.3 is 9.64 Å². The lowest BCUT2D eigenvalue weighted by molar-refractivity contribution is 0.0263. The van der Waals surface area contributed by atoms with Crippen LogP contribution in [0.4, 0.5) is 9.18 Å². The summed E-state index contributed by atoms with van der Waals surface area (Å²) in [5, 5.41) is 0. The molecule has 0 atom stereocenters. The van der Waals surface area contributed by atoms with Gasteiger partial charge in [0.1, 0.15) is 11.4 Å². The Labute approximate surface area is 168 Å². The molecule has 0 unspecified atom stereocenters. The molecule has 152 valence electrons. The molecule has 0 spiro atoms. The average Bonchev–Trinajstić information content (AvgIpc) is 2.60. The van der Waals surface area contributed by atoms with Crippen LogP contribution >= 0.6 is 11.8 Å². The van der Waals surface area contributed by atoms with Crippen molar-refractivity contribution < 1.29 is 13.9 Å². The zero-order valence-electron chi connectivity index (χ0n) is 17.9. The minimum atomic E-state index is -0.553. The summed E-state index contributed by atoms with van der Waals surface area (Å²) in [6, 6.07) is 0. The first-order valence-electron chi connectivity index (χ1n) is 9.18. The molecule has 0 saturated heterocycles. The molecular formula is C22H34FNO2S. The van der Waals surface area contributed by atoms with E-state index < -0.39 is 5.60 Å². The maximum Gasteiger partial charge on any atom is 0.410 e. The van der Waals surface area contributed by atoms with E-state index in [1.807, 2.05) is 47.6 Å². The van der Waals surface area contributed by atoms with Crippen molar-refractivity contribution in [3.05, 3.63) is 58.2 Å². The lowest BCUT2D eigenvalue weighted by atomic mass is 10.0. The fourth-order valence-electron chi connectivity index (χ4n) is 2.13. The predicted octanol–water partition coefficient (Wildman–Crippen LogP) is 7.16. The highest BCUT2D eigenvalue weighted by atomic mass is 32.2. The monoisotopic (exact) mass is 395 g/mol. The molecule has 0 aromatic heterocycles. The van der Waals surface area contributed by atoms with Gasteiger partial charge in [0.2, 0.25) is 0 Å². The lowest BCUT2D eigenvalue weighted by Gasteiger charge is -2.30. The molecule has 5 heteroatoms. The van der Waals surface area contributed by atoms with E-state index in [1.54, 1.807) is 11.8 Å². The maximum atomic E-state index is 14.7. The molecule has 1 heterocycles. The highest BCUT2D eigenvalue weighted by Crippen LogP contribution is 2.35. The largest absolute Gasteiger partial charge is 0.444 e. The van der Waals surface area contributed by atoms with E-state index in [9.17, 15) is 9.18 Å². The zero-order valence-corrected chi connectivity index (χ0v) is 18.7. The summed E-state index contributed by atoms with van der Waals surface area (Å²) in [7, 11) is 0. The van der Waals surface area contributed by atoms with E-state index in [0.717, 1.165) is 11.1 Å². The summed E-state index contributed by atoms with van der Waals surface area (Å²) in [6.45, 7) is 25.3. The molecular weight excluding hydrogens is 361 g/mol. The number of halogens is 1.